The maximum Gasteiger partial charge on any atom is 0.433 e. The number of alkyl halides is 3. The number of hydrogen-bond acceptors (Lipinski definition) is 5. The molecule has 0 aromatic carbocycles. The number of thiazole rings is 1. The molecule has 0 aliphatic rings. The summed E-state index contributed by atoms with van der Waals surface area (Å²) >= 11 is 0.854. The average Bonchev–Trinajstić information content (AvgIpc) is 2.98. The van der Waals surface area contributed by atoms with Crippen LogP contribution < -0.4 is 5.73 Å². The normalized spacial score (nSPS) is 10.6. The summed E-state index contributed by atoms with van der Waals surface area (Å²) in [5.41, 5.74) is 3.91. The first-order valence-corrected chi connectivity index (χ1v) is 5.64. The Bertz CT molecular complexity index is 608. The van der Waals surface area contributed by atoms with Crippen LogP contribution in [-0.4, -0.2) is 32.3 Å². The lowest BCUT2D eigenvalue weighted by atomic mass is 10.4. The van der Waals surface area contributed by atoms with Gasteiger partial charge in [-0.2, -0.15) is 18.3 Å². The minimum atomic E-state index is -4.53. The van der Waals surface area contributed by atoms with Gasteiger partial charge in [-0.15, -0.1) is 11.3 Å². The molecule has 1 amide bonds. The summed E-state index contributed by atoms with van der Waals surface area (Å²) in [4.78, 5) is 22.8. The van der Waals surface area contributed by atoms with E-state index in [1.807, 2.05) is 0 Å². The third kappa shape index (κ3) is 3.54. The van der Waals surface area contributed by atoms with Crippen LogP contribution in [0.5, 0.6) is 0 Å². The van der Waals surface area contributed by atoms with E-state index in [2.05, 4.69) is 10.1 Å². The Labute approximate surface area is 113 Å². The Morgan fingerprint density at radius 2 is 2.10 bits per heavy atom. The van der Waals surface area contributed by atoms with E-state index in [-0.39, 0.29) is 17.3 Å². The minimum Gasteiger partial charge on any atom is -0.483 e. The SMILES string of the molecule is NC(=O)c1csc(-n2nccc2C(F)(F)F)n1.O=CO. The van der Waals surface area contributed by atoms with Gasteiger partial charge >= 0.3 is 6.18 Å². The fourth-order valence-electron chi connectivity index (χ4n) is 1.15. The molecule has 7 nitrogen and oxygen atoms in total. The van der Waals surface area contributed by atoms with Crippen LogP contribution in [0.25, 0.3) is 5.13 Å². The Morgan fingerprint density at radius 1 is 1.50 bits per heavy atom. The summed E-state index contributed by atoms with van der Waals surface area (Å²) in [6.07, 6.45) is -3.52. The minimum absolute atomic E-state index is 0.0591. The van der Waals surface area contributed by atoms with E-state index in [4.69, 9.17) is 15.6 Å². The van der Waals surface area contributed by atoms with Crippen LogP contribution in [0, 0.1) is 0 Å². The molecule has 0 saturated carbocycles. The highest BCUT2D eigenvalue weighted by molar-refractivity contribution is 7.12. The van der Waals surface area contributed by atoms with E-state index in [1.54, 1.807) is 0 Å². The second kappa shape index (κ2) is 6.14. The van der Waals surface area contributed by atoms with E-state index in [0.29, 0.717) is 4.68 Å². The van der Waals surface area contributed by atoms with Gasteiger partial charge in [0.05, 0.1) is 6.20 Å². The van der Waals surface area contributed by atoms with Gasteiger partial charge in [0.15, 0.2) is 5.69 Å². The van der Waals surface area contributed by atoms with Crippen LogP contribution in [0.1, 0.15) is 16.2 Å². The summed E-state index contributed by atoms with van der Waals surface area (Å²) in [7, 11) is 0. The molecular weight excluding hydrogens is 301 g/mol. The zero-order chi connectivity index (χ0) is 15.3. The Balaban J connectivity index is 0.000000612. The van der Waals surface area contributed by atoms with Crippen molar-refractivity contribution in [2.24, 2.45) is 5.73 Å². The van der Waals surface area contributed by atoms with E-state index in [1.165, 1.54) is 5.38 Å². The number of nitrogens with zero attached hydrogens (tertiary/aromatic N) is 3. The van der Waals surface area contributed by atoms with Crippen molar-refractivity contribution in [1.82, 2.24) is 14.8 Å². The molecule has 11 heteroatoms. The zero-order valence-electron chi connectivity index (χ0n) is 9.53. The van der Waals surface area contributed by atoms with Gasteiger partial charge in [-0.05, 0) is 6.07 Å². The van der Waals surface area contributed by atoms with Crippen LogP contribution >= 0.6 is 11.3 Å². The summed E-state index contributed by atoms with van der Waals surface area (Å²) in [6, 6.07) is 0.825. The smallest absolute Gasteiger partial charge is 0.433 e. The number of halogens is 3. The second-order valence-electron chi connectivity index (χ2n) is 3.11. The van der Waals surface area contributed by atoms with Crippen molar-refractivity contribution < 1.29 is 27.9 Å². The largest absolute Gasteiger partial charge is 0.483 e. The Hall–Kier alpha value is -2.43. The fourth-order valence-corrected chi connectivity index (χ4v) is 1.93. The first kappa shape index (κ1) is 15.6. The van der Waals surface area contributed by atoms with Crippen molar-refractivity contribution in [3.63, 3.8) is 0 Å². The predicted octanol–water partition coefficient (Wildman–Crippen LogP) is 1.15. The zero-order valence-corrected chi connectivity index (χ0v) is 10.4. The summed E-state index contributed by atoms with van der Waals surface area (Å²) in [5, 5.41) is 11.6. The number of primary amides is 1. The highest BCUT2D eigenvalue weighted by atomic mass is 32.1. The van der Waals surface area contributed by atoms with E-state index >= 15 is 0 Å². The fraction of sp³-hybridized carbons (Fsp3) is 0.111. The van der Waals surface area contributed by atoms with Gasteiger partial charge in [0.2, 0.25) is 5.13 Å². The molecule has 2 heterocycles. The van der Waals surface area contributed by atoms with Gasteiger partial charge in [-0.25, -0.2) is 9.67 Å². The molecule has 0 atom stereocenters. The molecule has 0 radical (unpaired) electrons. The van der Waals surface area contributed by atoms with Crippen molar-refractivity contribution in [3.05, 3.63) is 29.0 Å². The number of carbonyl (C=O) groups excluding carboxylic acids is 1. The molecular formula is C9H7F3N4O3S. The molecule has 0 unspecified atom stereocenters. The van der Waals surface area contributed by atoms with Gasteiger partial charge < -0.3 is 10.8 Å². The lowest BCUT2D eigenvalue weighted by molar-refractivity contribution is -0.142. The second-order valence-corrected chi connectivity index (χ2v) is 3.95. The lowest BCUT2D eigenvalue weighted by Gasteiger charge is -2.06. The molecule has 0 saturated heterocycles. The lowest BCUT2D eigenvalue weighted by Crippen LogP contribution is -2.14. The van der Waals surface area contributed by atoms with E-state index in [0.717, 1.165) is 23.6 Å². The third-order valence-electron chi connectivity index (χ3n) is 1.86. The number of aromatic nitrogens is 3. The van der Waals surface area contributed by atoms with Gasteiger partial charge in [0.1, 0.15) is 5.69 Å². The maximum absolute atomic E-state index is 12.6. The molecule has 108 valence electrons. The van der Waals surface area contributed by atoms with Crippen molar-refractivity contribution in [2.45, 2.75) is 6.18 Å². The monoisotopic (exact) mass is 308 g/mol. The molecule has 3 N–H and O–H groups in total. The van der Waals surface area contributed by atoms with Crippen molar-refractivity contribution >= 4 is 23.7 Å². The quantitative estimate of drug-likeness (QED) is 0.808. The van der Waals surface area contributed by atoms with Gasteiger partial charge in [-0.1, -0.05) is 0 Å². The summed E-state index contributed by atoms with van der Waals surface area (Å²) in [6.45, 7) is -0.250. The molecule has 0 fully saturated rings. The number of hydrogen-bond donors (Lipinski definition) is 2. The molecule has 2 aromatic rings. The van der Waals surface area contributed by atoms with Crippen LogP contribution in [0.3, 0.4) is 0 Å². The van der Waals surface area contributed by atoms with Crippen molar-refractivity contribution in [1.29, 1.82) is 0 Å². The molecule has 2 rings (SSSR count). The van der Waals surface area contributed by atoms with Gasteiger partial charge in [-0.3, -0.25) is 9.59 Å². The Kier molecular flexibility index (Phi) is 4.80. The predicted molar refractivity (Wildman–Crippen MR) is 61.4 cm³/mol. The standard InChI is InChI=1S/C8H5F3N4OS.CH2O2/c9-8(10,11)5-1-2-13-15(5)7-14-4(3-17-7)6(12)16;2-1-3/h1-3H,(H2,12,16);1H,(H,2,3). The van der Waals surface area contributed by atoms with Crippen LogP contribution in [-0.2, 0) is 11.0 Å². The molecule has 2 aromatic heterocycles. The van der Waals surface area contributed by atoms with E-state index in [9.17, 15) is 18.0 Å². The molecule has 0 spiro atoms. The van der Waals surface area contributed by atoms with Crippen LogP contribution in [0.2, 0.25) is 0 Å². The topological polar surface area (TPSA) is 111 Å². The van der Waals surface area contributed by atoms with E-state index < -0.39 is 17.8 Å². The van der Waals surface area contributed by atoms with Crippen LogP contribution in [0.4, 0.5) is 13.2 Å². The molecule has 0 bridgehead atoms. The number of rotatable bonds is 2. The van der Waals surface area contributed by atoms with Gasteiger partial charge in [0.25, 0.3) is 12.4 Å². The highest BCUT2D eigenvalue weighted by Gasteiger charge is 2.35. The summed E-state index contributed by atoms with van der Waals surface area (Å²) < 4.78 is 38.3. The molecule has 0 aliphatic heterocycles. The number of carboxylic acid groups (broad SMARTS) is 1. The third-order valence-corrected chi connectivity index (χ3v) is 2.68. The number of carbonyl (C=O) groups is 2. The van der Waals surface area contributed by atoms with Gasteiger partial charge in [0, 0.05) is 5.38 Å². The first-order chi connectivity index (χ1) is 9.31. The molecule has 20 heavy (non-hydrogen) atoms. The Morgan fingerprint density at radius 3 is 2.55 bits per heavy atom. The maximum atomic E-state index is 12.6. The van der Waals surface area contributed by atoms with Crippen LogP contribution in [0.15, 0.2) is 17.6 Å². The average molecular weight is 308 g/mol. The number of amides is 1. The van der Waals surface area contributed by atoms with Crippen molar-refractivity contribution in [3.8, 4) is 5.13 Å². The summed E-state index contributed by atoms with van der Waals surface area (Å²) in [5.74, 6) is -0.798. The highest BCUT2D eigenvalue weighted by Crippen LogP contribution is 2.31. The van der Waals surface area contributed by atoms with Crippen molar-refractivity contribution in [2.75, 3.05) is 0 Å². The molecule has 0 aliphatic carbocycles. The first-order valence-electron chi connectivity index (χ1n) is 4.76. The number of nitrogens with two attached hydrogens (primary N) is 1.